The molecule has 0 saturated carbocycles. The van der Waals surface area contributed by atoms with Crippen LogP contribution in [0.3, 0.4) is 0 Å². The van der Waals surface area contributed by atoms with Crippen LogP contribution in [-0.2, 0) is 9.47 Å². The highest BCUT2D eigenvalue weighted by atomic mass is 16.6. The van der Waals surface area contributed by atoms with Crippen LogP contribution in [0.25, 0.3) is 0 Å². The van der Waals surface area contributed by atoms with E-state index in [1.54, 1.807) is 0 Å². The predicted molar refractivity (Wildman–Crippen MR) is 77.5 cm³/mol. The summed E-state index contributed by atoms with van der Waals surface area (Å²) in [7, 11) is 0. The monoisotopic (exact) mass is 290 g/mol. The number of hydrogen-bond acceptors (Lipinski definition) is 4. The summed E-state index contributed by atoms with van der Waals surface area (Å²) in [5.74, 6) is 1.27. The molecule has 2 fully saturated rings. The van der Waals surface area contributed by atoms with Crippen LogP contribution < -0.4 is 4.74 Å². The van der Waals surface area contributed by atoms with Crippen molar-refractivity contribution in [2.75, 3.05) is 26.4 Å². The van der Waals surface area contributed by atoms with Crippen LogP contribution in [0.1, 0.15) is 30.7 Å². The van der Waals surface area contributed by atoms with Gasteiger partial charge in [0.2, 0.25) is 0 Å². The van der Waals surface area contributed by atoms with E-state index in [9.17, 15) is 5.11 Å². The van der Waals surface area contributed by atoms with Crippen molar-refractivity contribution in [3.63, 3.8) is 0 Å². The van der Waals surface area contributed by atoms with E-state index in [4.69, 9.17) is 14.2 Å². The number of aliphatic hydroxyl groups is 1. The maximum Gasteiger partial charge on any atom is 0.123 e. The fraction of sp³-hybridized carbons (Fsp3) is 0.647. The molecule has 21 heavy (non-hydrogen) atoms. The maximum absolute atomic E-state index is 10.9. The molecule has 2 saturated heterocycles. The Kier molecular flexibility index (Phi) is 3.40. The molecule has 1 spiro atoms. The molecule has 4 rings (SSSR count). The van der Waals surface area contributed by atoms with Gasteiger partial charge in [-0.25, -0.2) is 0 Å². The van der Waals surface area contributed by atoms with Crippen LogP contribution in [0.2, 0.25) is 0 Å². The molecule has 4 unspecified atom stereocenters. The second kappa shape index (κ2) is 5.27. The van der Waals surface area contributed by atoms with Gasteiger partial charge in [-0.3, -0.25) is 0 Å². The quantitative estimate of drug-likeness (QED) is 0.906. The minimum atomic E-state index is -0.366. The zero-order valence-electron chi connectivity index (χ0n) is 12.2. The fourth-order valence-corrected chi connectivity index (χ4v) is 4.02. The molecule has 1 aromatic rings. The molecule has 0 aromatic heterocycles. The number of rotatable bonds is 2. The van der Waals surface area contributed by atoms with E-state index in [1.165, 1.54) is 0 Å². The fourth-order valence-electron chi connectivity index (χ4n) is 4.02. The minimum Gasteiger partial charge on any atom is -0.493 e. The number of fused-ring (bicyclic) bond motifs is 1. The lowest BCUT2D eigenvalue weighted by molar-refractivity contribution is -0.119. The van der Waals surface area contributed by atoms with Crippen molar-refractivity contribution in [3.05, 3.63) is 29.8 Å². The van der Waals surface area contributed by atoms with Gasteiger partial charge in [0, 0.05) is 31.1 Å². The predicted octanol–water partition coefficient (Wildman–Crippen LogP) is 2.11. The molecule has 3 heterocycles. The van der Waals surface area contributed by atoms with E-state index in [-0.39, 0.29) is 23.5 Å². The molecule has 0 aliphatic carbocycles. The SMILES string of the molecule is OC(C1CCOC2(CCOC2)C1)C1COc2ccccc21. The molecular formula is C17H22O4. The Morgan fingerprint density at radius 1 is 1.24 bits per heavy atom. The number of aliphatic hydroxyl groups excluding tert-OH is 1. The molecule has 1 N–H and O–H groups in total. The van der Waals surface area contributed by atoms with Crippen molar-refractivity contribution < 1.29 is 19.3 Å². The van der Waals surface area contributed by atoms with Crippen molar-refractivity contribution in [2.45, 2.75) is 36.9 Å². The molecule has 4 heteroatoms. The summed E-state index contributed by atoms with van der Waals surface area (Å²) in [6, 6.07) is 8.05. The molecule has 0 amide bonds. The Labute approximate surface area is 125 Å². The second-order valence-corrected chi connectivity index (χ2v) is 6.53. The van der Waals surface area contributed by atoms with Crippen LogP contribution >= 0.6 is 0 Å². The lowest BCUT2D eigenvalue weighted by atomic mass is 9.77. The minimum absolute atomic E-state index is 0.0867. The molecule has 3 aliphatic heterocycles. The van der Waals surface area contributed by atoms with Crippen molar-refractivity contribution in [3.8, 4) is 5.75 Å². The van der Waals surface area contributed by atoms with E-state index in [0.29, 0.717) is 13.2 Å². The Morgan fingerprint density at radius 2 is 2.14 bits per heavy atom. The number of benzene rings is 1. The van der Waals surface area contributed by atoms with E-state index < -0.39 is 0 Å². The third-order valence-corrected chi connectivity index (χ3v) is 5.23. The van der Waals surface area contributed by atoms with Crippen molar-refractivity contribution >= 4 is 0 Å². The molecule has 4 atom stereocenters. The normalized spacial score (nSPS) is 36.4. The van der Waals surface area contributed by atoms with Crippen molar-refractivity contribution in [1.29, 1.82) is 0 Å². The van der Waals surface area contributed by atoms with E-state index in [0.717, 1.165) is 43.8 Å². The van der Waals surface area contributed by atoms with Crippen molar-refractivity contribution in [1.82, 2.24) is 0 Å². The van der Waals surface area contributed by atoms with Crippen LogP contribution in [0.5, 0.6) is 5.75 Å². The van der Waals surface area contributed by atoms with Crippen LogP contribution in [0.15, 0.2) is 24.3 Å². The highest BCUT2D eigenvalue weighted by Crippen LogP contribution is 2.43. The Morgan fingerprint density at radius 3 is 3.00 bits per heavy atom. The van der Waals surface area contributed by atoms with E-state index >= 15 is 0 Å². The van der Waals surface area contributed by atoms with Gasteiger partial charge in [-0.05, 0) is 24.8 Å². The lowest BCUT2D eigenvalue weighted by Gasteiger charge is -2.40. The molecule has 1 aromatic carbocycles. The first-order valence-electron chi connectivity index (χ1n) is 7.89. The summed E-state index contributed by atoms with van der Waals surface area (Å²) >= 11 is 0. The summed E-state index contributed by atoms with van der Waals surface area (Å²) in [6.07, 6.45) is 2.40. The van der Waals surface area contributed by atoms with Gasteiger partial charge in [-0.1, -0.05) is 18.2 Å². The number of ether oxygens (including phenoxy) is 3. The van der Waals surface area contributed by atoms with Crippen LogP contribution in [-0.4, -0.2) is 43.2 Å². The largest absolute Gasteiger partial charge is 0.493 e. The first kappa shape index (κ1) is 13.6. The standard InChI is InChI=1S/C17H22O4/c18-16(14-10-20-15-4-2-1-3-13(14)15)12-5-7-21-17(9-12)6-8-19-11-17/h1-4,12,14,16,18H,5-11H2. The molecule has 0 radical (unpaired) electrons. The maximum atomic E-state index is 10.9. The first-order chi connectivity index (χ1) is 10.3. The summed E-state index contributed by atoms with van der Waals surface area (Å²) < 4.78 is 17.2. The Balaban J connectivity index is 1.51. The van der Waals surface area contributed by atoms with E-state index in [2.05, 4.69) is 6.07 Å². The highest BCUT2D eigenvalue weighted by Gasteiger charge is 2.45. The van der Waals surface area contributed by atoms with Crippen LogP contribution in [0.4, 0.5) is 0 Å². The number of hydrogen-bond donors (Lipinski definition) is 1. The smallest absolute Gasteiger partial charge is 0.123 e. The summed E-state index contributed by atoms with van der Waals surface area (Å²) in [4.78, 5) is 0. The average molecular weight is 290 g/mol. The van der Waals surface area contributed by atoms with Gasteiger partial charge in [0.05, 0.1) is 24.9 Å². The Hall–Kier alpha value is -1.10. The molecule has 4 nitrogen and oxygen atoms in total. The van der Waals surface area contributed by atoms with Crippen molar-refractivity contribution in [2.24, 2.45) is 5.92 Å². The first-order valence-corrected chi connectivity index (χ1v) is 7.89. The molecule has 0 bridgehead atoms. The summed E-state index contributed by atoms with van der Waals surface area (Å²) in [5, 5.41) is 10.9. The molecular weight excluding hydrogens is 268 g/mol. The molecule has 3 aliphatic rings. The topological polar surface area (TPSA) is 47.9 Å². The zero-order chi connectivity index (χ0) is 14.3. The lowest BCUT2D eigenvalue weighted by Crippen LogP contribution is -2.45. The highest BCUT2D eigenvalue weighted by molar-refractivity contribution is 5.40. The van der Waals surface area contributed by atoms with Gasteiger partial charge in [-0.15, -0.1) is 0 Å². The molecule has 114 valence electrons. The van der Waals surface area contributed by atoms with Gasteiger partial charge in [-0.2, -0.15) is 0 Å². The third kappa shape index (κ3) is 2.35. The van der Waals surface area contributed by atoms with E-state index in [1.807, 2.05) is 18.2 Å². The summed E-state index contributed by atoms with van der Waals surface area (Å²) in [5.41, 5.74) is 0.997. The van der Waals surface area contributed by atoms with Gasteiger partial charge in [0.15, 0.2) is 0 Å². The van der Waals surface area contributed by atoms with Gasteiger partial charge in [0.1, 0.15) is 5.75 Å². The van der Waals surface area contributed by atoms with Gasteiger partial charge < -0.3 is 19.3 Å². The average Bonchev–Trinajstić information content (AvgIpc) is 3.14. The number of para-hydroxylation sites is 1. The van der Waals surface area contributed by atoms with Gasteiger partial charge in [0.25, 0.3) is 0 Å². The third-order valence-electron chi connectivity index (χ3n) is 5.23. The van der Waals surface area contributed by atoms with Gasteiger partial charge >= 0.3 is 0 Å². The Bertz CT molecular complexity index is 509. The summed E-state index contributed by atoms with van der Waals surface area (Å²) in [6.45, 7) is 2.76. The second-order valence-electron chi connectivity index (χ2n) is 6.53. The van der Waals surface area contributed by atoms with Crippen LogP contribution in [0, 0.1) is 5.92 Å². The zero-order valence-corrected chi connectivity index (χ0v) is 12.2.